The van der Waals surface area contributed by atoms with Gasteiger partial charge in [0.15, 0.2) is 0 Å². The molecule has 0 aliphatic carbocycles. The number of hydrogen-bond acceptors (Lipinski definition) is 2. The normalized spacial score (nSPS) is 22.3. The van der Waals surface area contributed by atoms with Crippen molar-refractivity contribution in [2.45, 2.75) is 26.2 Å². The van der Waals surface area contributed by atoms with E-state index in [4.69, 9.17) is 4.74 Å². The Balaban J connectivity index is 1.74. The molecule has 2 unspecified atom stereocenters. The number of amides is 1. The summed E-state index contributed by atoms with van der Waals surface area (Å²) in [7, 11) is 1.63. The molecular weight excluding hydrogens is 252 g/mol. The van der Waals surface area contributed by atoms with Crippen LogP contribution >= 0.6 is 0 Å². The Morgan fingerprint density at radius 2 is 2.15 bits per heavy atom. The molecule has 0 aromatic heterocycles. The monoisotopic (exact) mass is 277 g/mol. The van der Waals surface area contributed by atoms with Crippen molar-refractivity contribution in [2.75, 3.05) is 32.1 Å². The molecule has 1 amide bonds. The number of hydrogen-bond donors (Lipinski definition) is 2. The quantitative estimate of drug-likeness (QED) is 0.853. The Kier molecular flexibility index (Phi) is 5.41. The fraction of sp³-hybridized carbons (Fsp3) is 0.562. The first-order chi connectivity index (χ1) is 9.67. The van der Waals surface area contributed by atoms with Crippen molar-refractivity contribution in [1.82, 2.24) is 0 Å². The minimum absolute atomic E-state index is 0.0980. The molecule has 4 nitrogen and oxygen atoms in total. The molecular formula is C16H25N2O2+. The number of nitrogens with one attached hydrogen (secondary N) is 2. The van der Waals surface area contributed by atoms with Crippen LogP contribution < -0.4 is 15.0 Å². The Bertz CT molecular complexity index is 431. The highest BCUT2D eigenvalue weighted by molar-refractivity contribution is 5.90. The fourth-order valence-electron chi connectivity index (χ4n) is 2.81. The predicted octanol–water partition coefficient (Wildman–Crippen LogP) is 1.34. The maximum atomic E-state index is 11.9. The third kappa shape index (κ3) is 4.53. The molecule has 0 bridgehead atoms. The molecule has 1 aliphatic heterocycles. The molecule has 110 valence electrons. The van der Waals surface area contributed by atoms with E-state index in [0.29, 0.717) is 6.42 Å². The number of piperidine rings is 1. The van der Waals surface area contributed by atoms with E-state index in [1.54, 1.807) is 12.0 Å². The van der Waals surface area contributed by atoms with Crippen LogP contribution in [0.5, 0.6) is 5.75 Å². The molecule has 1 fully saturated rings. The number of likely N-dealkylation sites (tertiary alicyclic amines) is 1. The molecule has 1 aromatic carbocycles. The molecule has 1 saturated heterocycles. The van der Waals surface area contributed by atoms with Crippen molar-refractivity contribution in [3.8, 4) is 5.75 Å². The minimum atomic E-state index is 0.0980. The van der Waals surface area contributed by atoms with Crippen LogP contribution in [0, 0.1) is 5.92 Å². The predicted molar refractivity (Wildman–Crippen MR) is 80.2 cm³/mol. The smallest absolute Gasteiger partial charge is 0.230 e. The van der Waals surface area contributed by atoms with Crippen LogP contribution in [0.3, 0.4) is 0 Å². The van der Waals surface area contributed by atoms with Gasteiger partial charge in [-0.05, 0) is 37.1 Å². The number of quaternary nitrogens is 1. The summed E-state index contributed by atoms with van der Waals surface area (Å²) in [4.78, 5) is 13.5. The number of methoxy groups -OCH3 is 1. The van der Waals surface area contributed by atoms with Crippen molar-refractivity contribution in [1.29, 1.82) is 0 Å². The summed E-state index contributed by atoms with van der Waals surface area (Å²) in [5, 5.41) is 2.94. The number of benzene rings is 1. The molecule has 0 radical (unpaired) electrons. The van der Waals surface area contributed by atoms with Gasteiger partial charge in [0.05, 0.1) is 33.2 Å². The molecule has 0 saturated carbocycles. The van der Waals surface area contributed by atoms with Crippen LogP contribution in [0.4, 0.5) is 5.69 Å². The van der Waals surface area contributed by atoms with Crippen LogP contribution in [0.25, 0.3) is 0 Å². The molecule has 0 spiro atoms. The highest BCUT2D eigenvalue weighted by Crippen LogP contribution is 2.14. The number of ether oxygens (including phenoxy) is 1. The first kappa shape index (κ1) is 14.9. The first-order valence-electron chi connectivity index (χ1n) is 7.45. The summed E-state index contributed by atoms with van der Waals surface area (Å²) in [5.41, 5.74) is 0.831. The average molecular weight is 277 g/mol. The van der Waals surface area contributed by atoms with Crippen molar-refractivity contribution in [3.05, 3.63) is 24.3 Å². The van der Waals surface area contributed by atoms with Gasteiger partial charge in [0.1, 0.15) is 5.75 Å². The second-order valence-electron chi connectivity index (χ2n) is 5.73. The number of carbonyl (C=O) groups is 1. The Morgan fingerprint density at radius 1 is 1.40 bits per heavy atom. The van der Waals surface area contributed by atoms with Gasteiger partial charge >= 0.3 is 0 Å². The van der Waals surface area contributed by atoms with Gasteiger partial charge in [0, 0.05) is 11.6 Å². The number of rotatable bonds is 5. The van der Waals surface area contributed by atoms with E-state index in [0.717, 1.165) is 23.9 Å². The van der Waals surface area contributed by atoms with E-state index in [1.165, 1.54) is 25.9 Å². The largest absolute Gasteiger partial charge is 0.497 e. The number of carbonyl (C=O) groups excluding carboxylic acids is 1. The number of anilines is 1. The molecule has 4 heteroatoms. The Labute approximate surface area is 121 Å². The molecule has 1 aliphatic rings. The lowest BCUT2D eigenvalue weighted by Gasteiger charge is -2.27. The Hall–Kier alpha value is -1.55. The topological polar surface area (TPSA) is 42.8 Å². The zero-order chi connectivity index (χ0) is 14.4. The van der Waals surface area contributed by atoms with Crippen molar-refractivity contribution < 1.29 is 14.4 Å². The van der Waals surface area contributed by atoms with E-state index in [1.807, 2.05) is 24.3 Å². The second-order valence-corrected chi connectivity index (χ2v) is 5.73. The van der Waals surface area contributed by atoms with Crippen molar-refractivity contribution in [2.24, 2.45) is 5.92 Å². The lowest BCUT2D eigenvalue weighted by molar-refractivity contribution is -0.907. The van der Waals surface area contributed by atoms with Crippen LogP contribution in [-0.2, 0) is 4.79 Å². The van der Waals surface area contributed by atoms with E-state index in [2.05, 4.69) is 12.2 Å². The molecule has 2 rings (SSSR count). The van der Waals surface area contributed by atoms with Gasteiger partial charge < -0.3 is 15.0 Å². The van der Waals surface area contributed by atoms with Gasteiger partial charge in [-0.1, -0.05) is 6.92 Å². The maximum absolute atomic E-state index is 11.9. The fourth-order valence-corrected chi connectivity index (χ4v) is 2.81. The van der Waals surface area contributed by atoms with Crippen LogP contribution in [0.2, 0.25) is 0 Å². The molecule has 2 atom stereocenters. The lowest BCUT2D eigenvalue weighted by Crippen LogP contribution is -3.13. The van der Waals surface area contributed by atoms with Crippen molar-refractivity contribution in [3.63, 3.8) is 0 Å². The van der Waals surface area contributed by atoms with Crippen LogP contribution in [0.15, 0.2) is 24.3 Å². The third-order valence-corrected chi connectivity index (χ3v) is 3.94. The standard InChI is InChI=1S/C16H24N2O2/c1-13-4-3-10-18(12-13)11-9-16(19)17-14-5-7-15(20-2)8-6-14/h5-8,13H,3-4,9-12H2,1-2H3,(H,17,19)/p+1. The molecule has 1 heterocycles. The first-order valence-corrected chi connectivity index (χ1v) is 7.45. The maximum Gasteiger partial charge on any atom is 0.230 e. The van der Waals surface area contributed by atoms with Crippen LogP contribution in [-0.4, -0.2) is 32.7 Å². The highest BCUT2D eigenvalue weighted by Gasteiger charge is 2.20. The van der Waals surface area contributed by atoms with Crippen LogP contribution in [0.1, 0.15) is 26.2 Å². The van der Waals surface area contributed by atoms with E-state index in [9.17, 15) is 4.79 Å². The Morgan fingerprint density at radius 3 is 2.80 bits per heavy atom. The zero-order valence-corrected chi connectivity index (χ0v) is 12.4. The molecule has 20 heavy (non-hydrogen) atoms. The summed E-state index contributed by atoms with van der Waals surface area (Å²) in [5.74, 6) is 1.69. The van der Waals surface area contributed by atoms with Gasteiger partial charge in [-0.25, -0.2) is 0 Å². The summed E-state index contributed by atoms with van der Waals surface area (Å²) in [6.45, 7) is 5.65. The minimum Gasteiger partial charge on any atom is -0.497 e. The molecule has 2 N–H and O–H groups in total. The summed E-state index contributed by atoms with van der Waals surface area (Å²) in [6, 6.07) is 7.44. The van der Waals surface area contributed by atoms with Gasteiger partial charge in [0.2, 0.25) is 5.91 Å². The van der Waals surface area contributed by atoms with E-state index < -0.39 is 0 Å². The zero-order valence-electron chi connectivity index (χ0n) is 12.4. The van der Waals surface area contributed by atoms with Gasteiger partial charge in [-0.3, -0.25) is 4.79 Å². The average Bonchev–Trinajstić information content (AvgIpc) is 2.46. The van der Waals surface area contributed by atoms with E-state index >= 15 is 0 Å². The van der Waals surface area contributed by atoms with Gasteiger partial charge in [-0.15, -0.1) is 0 Å². The summed E-state index contributed by atoms with van der Waals surface area (Å²) >= 11 is 0. The highest BCUT2D eigenvalue weighted by atomic mass is 16.5. The van der Waals surface area contributed by atoms with Gasteiger partial charge in [-0.2, -0.15) is 0 Å². The SMILES string of the molecule is COc1ccc(NC(=O)CC[NH+]2CCCC(C)C2)cc1. The van der Waals surface area contributed by atoms with Crippen molar-refractivity contribution >= 4 is 11.6 Å². The summed E-state index contributed by atoms with van der Waals surface area (Å²) in [6.07, 6.45) is 3.21. The lowest BCUT2D eigenvalue weighted by atomic mass is 10.0. The third-order valence-electron chi connectivity index (χ3n) is 3.94. The second kappa shape index (κ2) is 7.29. The van der Waals surface area contributed by atoms with Gasteiger partial charge in [0.25, 0.3) is 0 Å². The molecule has 1 aromatic rings. The van der Waals surface area contributed by atoms with E-state index in [-0.39, 0.29) is 5.91 Å². The summed E-state index contributed by atoms with van der Waals surface area (Å²) < 4.78 is 5.09.